The Morgan fingerprint density at radius 1 is 1.00 bits per heavy atom. The van der Waals surface area contributed by atoms with Gasteiger partial charge in [0.05, 0.1) is 10.6 Å². The molecular weight excluding hydrogens is 410 g/mol. The summed E-state index contributed by atoms with van der Waals surface area (Å²) in [6.45, 7) is 6.43. The number of hydrogen-bond acceptors (Lipinski definition) is 4. The van der Waals surface area contributed by atoms with Gasteiger partial charge in [0.2, 0.25) is 0 Å². The number of para-hydroxylation sites is 1. The van der Waals surface area contributed by atoms with E-state index >= 15 is 0 Å². The Balaban J connectivity index is 1.72. The lowest BCUT2D eigenvalue weighted by molar-refractivity contribution is -0.119. The lowest BCUT2D eigenvalue weighted by Crippen LogP contribution is -2.40. The molecule has 0 aromatic heterocycles. The number of hydrogen-bond donors (Lipinski definition) is 1. The van der Waals surface area contributed by atoms with Crippen LogP contribution in [0.2, 0.25) is 0 Å². The summed E-state index contributed by atoms with van der Waals surface area (Å²) in [5.41, 5.74) is 4.24. The zero-order chi connectivity index (χ0) is 22.5. The second kappa shape index (κ2) is 9.64. The second-order valence-electron chi connectivity index (χ2n) is 9.01. The molecular formula is C24H31N3O3S. The molecule has 2 aromatic carbocycles. The fourth-order valence-electron chi connectivity index (χ4n) is 3.87. The highest BCUT2D eigenvalue weighted by Gasteiger charge is 2.29. The van der Waals surface area contributed by atoms with Gasteiger partial charge in [-0.15, -0.1) is 0 Å². The number of sulfonamides is 1. The maximum Gasteiger partial charge on any atom is 0.264 e. The highest BCUT2D eigenvalue weighted by Crippen LogP contribution is 2.36. The Hall–Kier alpha value is -2.67. The van der Waals surface area contributed by atoms with E-state index in [4.69, 9.17) is 0 Å². The third-order valence-electron chi connectivity index (χ3n) is 5.79. The number of amides is 1. The van der Waals surface area contributed by atoms with Gasteiger partial charge in [0.25, 0.3) is 15.9 Å². The topological polar surface area (TPSA) is 78.8 Å². The van der Waals surface area contributed by atoms with Crippen molar-refractivity contribution in [2.75, 3.05) is 10.8 Å². The van der Waals surface area contributed by atoms with Gasteiger partial charge in [-0.1, -0.05) is 57.2 Å². The summed E-state index contributed by atoms with van der Waals surface area (Å²) in [7, 11) is -3.89. The molecule has 0 radical (unpaired) electrons. The first-order chi connectivity index (χ1) is 14.7. The summed E-state index contributed by atoms with van der Waals surface area (Å²) in [4.78, 5) is 12.8. The van der Waals surface area contributed by atoms with Crippen LogP contribution in [0.25, 0.3) is 0 Å². The summed E-state index contributed by atoms with van der Waals surface area (Å²) in [6.07, 6.45) is 3.81. The van der Waals surface area contributed by atoms with Crippen molar-refractivity contribution in [3.63, 3.8) is 0 Å². The molecule has 0 aliphatic heterocycles. The van der Waals surface area contributed by atoms with E-state index in [1.165, 1.54) is 12.1 Å². The maximum atomic E-state index is 13.2. The smallest absolute Gasteiger partial charge is 0.264 e. The Bertz CT molecular complexity index is 1000. The average Bonchev–Trinajstić information content (AvgIpc) is 2.77. The molecule has 1 aliphatic carbocycles. The van der Waals surface area contributed by atoms with E-state index in [9.17, 15) is 13.2 Å². The maximum absolute atomic E-state index is 13.2. The Morgan fingerprint density at radius 3 is 2.10 bits per heavy atom. The van der Waals surface area contributed by atoms with Crippen LogP contribution in [0.5, 0.6) is 0 Å². The highest BCUT2D eigenvalue weighted by atomic mass is 32.2. The summed E-state index contributed by atoms with van der Waals surface area (Å²) >= 11 is 0. The number of carbonyl (C=O) groups excluding carboxylic acids is 1. The third-order valence-corrected chi connectivity index (χ3v) is 7.58. The quantitative estimate of drug-likeness (QED) is 0.666. The minimum absolute atomic E-state index is 0.137. The molecule has 1 fully saturated rings. The van der Waals surface area contributed by atoms with Crippen LogP contribution in [-0.4, -0.2) is 26.6 Å². The molecule has 2 aromatic rings. The van der Waals surface area contributed by atoms with Crippen LogP contribution in [0.15, 0.2) is 70.7 Å². The molecule has 1 amide bonds. The van der Waals surface area contributed by atoms with Crippen LogP contribution < -0.4 is 9.73 Å². The fraction of sp³-hybridized carbons (Fsp3) is 0.417. The first-order valence-corrected chi connectivity index (χ1v) is 12.1. The standard InChI is InChI=1S/C24H31N3O3S/c1-24(2,3)19-14-16-20(17-15-19)25-26-23(28)18-27(21-10-6-4-7-11-21)31(29,30)22-12-8-5-9-13-22/h4-13,19H,14-18H2,1-3H3,(H,26,28). The molecule has 166 valence electrons. The van der Waals surface area contributed by atoms with Crippen LogP contribution in [0.4, 0.5) is 5.69 Å². The molecule has 1 saturated carbocycles. The van der Waals surface area contributed by atoms with Crippen LogP contribution >= 0.6 is 0 Å². The van der Waals surface area contributed by atoms with Gasteiger partial charge in [0, 0.05) is 5.71 Å². The molecule has 6 nitrogen and oxygen atoms in total. The number of benzene rings is 2. The van der Waals surface area contributed by atoms with E-state index in [-0.39, 0.29) is 16.9 Å². The largest absolute Gasteiger partial charge is 0.271 e. The van der Waals surface area contributed by atoms with Crippen molar-refractivity contribution in [3.8, 4) is 0 Å². The fourth-order valence-corrected chi connectivity index (χ4v) is 5.31. The summed E-state index contributed by atoms with van der Waals surface area (Å²) in [5.74, 6) is 0.181. The first kappa shape index (κ1) is 23.0. The van der Waals surface area contributed by atoms with Crippen LogP contribution in [0.1, 0.15) is 46.5 Å². The summed E-state index contributed by atoms with van der Waals surface area (Å²) < 4.78 is 27.5. The van der Waals surface area contributed by atoms with E-state index in [2.05, 4.69) is 31.3 Å². The second-order valence-corrected chi connectivity index (χ2v) is 10.9. The third kappa shape index (κ3) is 5.94. The van der Waals surface area contributed by atoms with Gasteiger partial charge in [-0.25, -0.2) is 13.8 Å². The van der Waals surface area contributed by atoms with Crippen LogP contribution in [-0.2, 0) is 14.8 Å². The Kier molecular flexibility index (Phi) is 7.15. The van der Waals surface area contributed by atoms with Crippen molar-refractivity contribution in [3.05, 3.63) is 60.7 Å². The van der Waals surface area contributed by atoms with Gasteiger partial charge in [-0.05, 0) is 61.3 Å². The molecule has 31 heavy (non-hydrogen) atoms. The van der Waals surface area contributed by atoms with Crippen molar-refractivity contribution in [2.24, 2.45) is 16.4 Å². The molecule has 0 atom stereocenters. The van der Waals surface area contributed by atoms with Crippen molar-refractivity contribution in [1.29, 1.82) is 0 Å². The number of nitrogens with zero attached hydrogens (tertiary/aromatic N) is 2. The molecule has 0 saturated heterocycles. The predicted molar refractivity (Wildman–Crippen MR) is 124 cm³/mol. The van der Waals surface area contributed by atoms with Gasteiger partial charge in [0.1, 0.15) is 6.54 Å². The number of hydrazone groups is 1. The van der Waals surface area contributed by atoms with E-state index in [0.717, 1.165) is 35.7 Å². The molecule has 1 aliphatic rings. The van der Waals surface area contributed by atoms with Crippen LogP contribution in [0, 0.1) is 11.3 Å². The van der Waals surface area contributed by atoms with Crippen LogP contribution in [0.3, 0.4) is 0 Å². The normalized spacial score (nSPS) is 17.1. The Labute approximate surface area is 185 Å². The number of nitrogens with one attached hydrogen (secondary N) is 1. The zero-order valence-corrected chi connectivity index (χ0v) is 19.2. The zero-order valence-electron chi connectivity index (χ0n) is 18.4. The van der Waals surface area contributed by atoms with E-state index in [0.29, 0.717) is 11.6 Å². The lowest BCUT2D eigenvalue weighted by Gasteiger charge is -2.34. The molecule has 0 spiro atoms. The SMILES string of the molecule is CC(C)(C)C1CCC(=NNC(=O)CN(c2ccccc2)S(=O)(=O)c2ccccc2)CC1. The highest BCUT2D eigenvalue weighted by molar-refractivity contribution is 7.92. The number of carbonyl (C=O) groups is 1. The van der Waals surface area contributed by atoms with Crippen molar-refractivity contribution >= 4 is 27.3 Å². The predicted octanol–water partition coefficient (Wildman–Crippen LogP) is 4.59. The first-order valence-electron chi connectivity index (χ1n) is 10.6. The molecule has 0 unspecified atom stereocenters. The average molecular weight is 442 g/mol. The summed E-state index contributed by atoms with van der Waals surface area (Å²) in [6, 6.07) is 16.8. The van der Waals surface area contributed by atoms with E-state index < -0.39 is 15.9 Å². The molecule has 7 heteroatoms. The van der Waals surface area contributed by atoms with Gasteiger partial charge in [-0.2, -0.15) is 5.10 Å². The lowest BCUT2D eigenvalue weighted by atomic mass is 9.72. The van der Waals surface area contributed by atoms with Crippen molar-refractivity contribution < 1.29 is 13.2 Å². The van der Waals surface area contributed by atoms with Gasteiger partial charge >= 0.3 is 0 Å². The minimum atomic E-state index is -3.89. The van der Waals surface area contributed by atoms with E-state index in [1.54, 1.807) is 48.5 Å². The van der Waals surface area contributed by atoms with Gasteiger partial charge in [-0.3, -0.25) is 9.10 Å². The number of rotatable bonds is 6. The Morgan fingerprint density at radius 2 is 1.55 bits per heavy atom. The van der Waals surface area contributed by atoms with E-state index in [1.807, 2.05) is 0 Å². The van der Waals surface area contributed by atoms with Gasteiger partial charge in [0.15, 0.2) is 0 Å². The van der Waals surface area contributed by atoms with Gasteiger partial charge < -0.3 is 0 Å². The van der Waals surface area contributed by atoms with Crippen molar-refractivity contribution in [1.82, 2.24) is 5.43 Å². The molecule has 3 rings (SSSR count). The molecule has 0 heterocycles. The minimum Gasteiger partial charge on any atom is -0.271 e. The van der Waals surface area contributed by atoms with Crippen molar-refractivity contribution in [2.45, 2.75) is 51.3 Å². The monoisotopic (exact) mass is 441 g/mol. The number of anilines is 1. The molecule has 0 bridgehead atoms. The molecule has 1 N–H and O–H groups in total. The summed E-state index contributed by atoms with van der Waals surface area (Å²) in [5, 5.41) is 4.30.